The first-order valence-electron chi connectivity index (χ1n) is 10.2. The summed E-state index contributed by atoms with van der Waals surface area (Å²) >= 11 is 0. The number of aromatic nitrogens is 3. The van der Waals surface area contributed by atoms with Crippen molar-refractivity contribution in [3.05, 3.63) is 65.5 Å². The van der Waals surface area contributed by atoms with E-state index in [9.17, 15) is 18.7 Å². The van der Waals surface area contributed by atoms with Crippen molar-refractivity contribution in [3.63, 3.8) is 0 Å². The second kappa shape index (κ2) is 7.73. The van der Waals surface area contributed by atoms with Gasteiger partial charge in [-0.05, 0) is 43.2 Å². The van der Waals surface area contributed by atoms with E-state index in [2.05, 4.69) is 5.10 Å². The third kappa shape index (κ3) is 3.65. The van der Waals surface area contributed by atoms with E-state index in [0.29, 0.717) is 48.6 Å². The lowest BCUT2D eigenvalue weighted by Gasteiger charge is -2.34. The maximum Gasteiger partial charge on any atom is 0.246 e. The van der Waals surface area contributed by atoms with Gasteiger partial charge in [-0.2, -0.15) is 5.10 Å². The summed E-state index contributed by atoms with van der Waals surface area (Å²) in [5.41, 5.74) is 1.56. The minimum atomic E-state index is -0.464. The van der Waals surface area contributed by atoms with Crippen LogP contribution in [-0.4, -0.2) is 56.2 Å². The number of nitrogens with zero attached hydrogens (tertiary/aromatic N) is 5. The van der Waals surface area contributed by atoms with Crippen LogP contribution >= 0.6 is 0 Å². The van der Waals surface area contributed by atoms with Crippen LogP contribution in [0.2, 0.25) is 0 Å². The van der Waals surface area contributed by atoms with Crippen molar-refractivity contribution >= 4 is 23.4 Å². The number of fused-ring (bicyclic) bond motifs is 1. The van der Waals surface area contributed by atoms with Crippen LogP contribution in [0.5, 0.6) is 0 Å². The highest BCUT2D eigenvalue weighted by Gasteiger charge is 2.30. The SMILES string of the molecule is O=C(/C=C/c1cnn2ccc(N3CCCC3c3cc(F)ccc3F)nc12)N1CC(O)C1. The molecule has 7 nitrogen and oxygen atoms in total. The molecule has 0 spiro atoms. The van der Waals surface area contributed by atoms with Crippen LogP contribution in [0, 0.1) is 11.6 Å². The Bertz CT molecular complexity index is 1170. The molecule has 1 aromatic carbocycles. The van der Waals surface area contributed by atoms with Crippen LogP contribution in [0.15, 0.2) is 42.7 Å². The number of aliphatic hydroxyl groups is 1. The maximum atomic E-state index is 14.4. The van der Waals surface area contributed by atoms with E-state index in [-0.39, 0.29) is 11.9 Å². The molecule has 1 amide bonds. The van der Waals surface area contributed by atoms with Crippen molar-refractivity contribution in [2.75, 3.05) is 24.5 Å². The second-order valence-electron chi connectivity index (χ2n) is 7.90. The van der Waals surface area contributed by atoms with E-state index in [4.69, 9.17) is 4.98 Å². The predicted molar refractivity (Wildman–Crippen MR) is 110 cm³/mol. The lowest BCUT2D eigenvalue weighted by atomic mass is 10.0. The Balaban J connectivity index is 1.43. The summed E-state index contributed by atoms with van der Waals surface area (Å²) in [5.74, 6) is -0.427. The lowest BCUT2D eigenvalue weighted by molar-refractivity contribution is -0.135. The van der Waals surface area contributed by atoms with E-state index in [1.807, 2.05) is 4.90 Å². The highest BCUT2D eigenvalue weighted by atomic mass is 19.1. The lowest BCUT2D eigenvalue weighted by Crippen LogP contribution is -2.52. The minimum Gasteiger partial charge on any atom is -0.389 e. The van der Waals surface area contributed by atoms with Crippen molar-refractivity contribution in [1.82, 2.24) is 19.5 Å². The van der Waals surface area contributed by atoms with Crippen molar-refractivity contribution in [1.29, 1.82) is 0 Å². The Morgan fingerprint density at radius 3 is 2.87 bits per heavy atom. The topological polar surface area (TPSA) is 74.0 Å². The van der Waals surface area contributed by atoms with Crippen molar-refractivity contribution < 1.29 is 18.7 Å². The molecule has 5 rings (SSSR count). The summed E-state index contributed by atoms with van der Waals surface area (Å²) in [6.45, 7) is 1.36. The molecule has 0 radical (unpaired) electrons. The average Bonchev–Trinajstić information content (AvgIpc) is 3.38. The molecule has 9 heteroatoms. The van der Waals surface area contributed by atoms with Gasteiger partial charge in [0.1, 0.15) is 17.5 Å². The summed E-state index contributed by atoms with van der Waals surface area (Å²) in [5, 5.41) is 13.6. The van der Waals surface area contributed by atoms with Crippen molar-refractivity contribution in [3.8, 4) is 0 Å². The van der Waals surface area contributed by atoms with Gasteiger partial charge in [0.25, 0.3) is 0 Å². The van der Waals surface area contributed by atoms with E-state index in [1.54, 1.807) is 34.0 Å². The zero-order valence-corrected chi connectivity index (χ0v) is 16.7. The molecule has 160 valence electrons. The Labute approximate surface area is 177 Å². The van der Waals surface area contributed by atoms with E-state index >= 15 is 0 Å². The summed E-state index contributed by atoms with van der Waals surface area (Å²) in [6, 6.07) is 5.03. The molecular weight excluding hydrogens is 404 g/mol. The number of halogens is 2. The number of hydrogen-bond donors (Lipinski definition) is 1. The fraction of sp³-hybridized carbons (Fsp3) is 0.318. The molecule has 2 aromatic heterocycles. The fourth-order valence-electron chi connectivity index (χ4n) is 4.19. The van der Waals surface area contributed by atoms with E-state index in [1.165, 1.54) is 12.1 Å². The molecule has 1 unspecified atom stereocenters. The first-order chi connectivity index (χ1) is 15.0. The highest BCUT2D eigenvalue weighted by Crippen LogP contribution is 2.36. The summed E-state index contributed by atoms with van der Waals surface area (Å²) in [4.78, 5) is 20.4. The van der Waals surface area contributed by atoms with Gasteiger partial charge < -0.3 is 14.9 Å². The van der Waals surface area contributed by atoms with Gasteiger partial charge in [-0.15, -0.1) is 0 Å². The van der Waals surface area contributed by atoms with Gasteiger partial charge in [-0.3, -0.25) is 4.79 Å². The number of carbonyl (C=O) groups excluding carboxylic acids is 1. The van der Waals surface area contributed by atoms with Gasteiger partial charge in [0.15, 0.2) is 5.65 Å². The molecule has 4 heterocycles. The second-order valence-corrected chi connectivity index (χ2v) is 7.90. The summed E-state index contributed by atoms with van der Waals surface area (Å²) in [7, 11) is 0. The Hall–Kier alpha value is -3.33. The van der Waals surface area contributed by atoms with Crippen molar-refractivity contribution in [2.45, 2.75) is 25.0 Å². The third-order valence-corrected chi connectivity index (χ3v) is 5.83. The smallest absolute Gasteiger partial charge is 0.246 e. The normalized spacial score (nSPS) is 19.5. The van der Waals surface area contributed by atoms with Gasteiger partial charge >= 0.3 is 0 Å². The van der Waals surface area contributed by atoms with Crippen molar-refractivity contribution in [2.24, 2.45) is 0 Å². The van der Waals surface area contributed by atoms with Gasteiger partial charge in [0, 0.05) is 43.0 Å². The van der Waals surface area contributed by atoms with Gasteiger partial charge in [0.05, 0.1) is 18.3 Å². The zero-order valence-electron chi connectivity index (χ0n) is 16.7. The Kier molecular flexibility index (Phi) is 4.90. The van der Waals surface area contributed by atoms with Crippen LogP contribution in [0.25, 0.3) is 11.7 Å². The van der Waals surface area contributed by atoms with Crippen LogP contribution in [-0.2, 0) is 4.79 Å². The number of β-amino-alcohol motifs (C(OH)–C–C–N with tert-alkyl or cyclic N) is 1. The molecule has 2 fully saturated rings. The zero-order chi connectivity index (χ0) is 21.5. The molecule has 2 saturated heterocycles. The standard InChI is InChI=1S/C22H21F2N5O2/c23-15-4-5-18(24)17(10-15)19-2-1-8-28(19)20-7-9-29-22(26-20)14(11-25-29)3-6-21(31)27-12-16(30)13-27/h3-7,9-11,16,19,30H,1-2,8,12-13H2/b6-3+. The number of carbonyl (C=O) groups is 1. The molecule has 2 aliphatic rings. The van der Waals surface area contributed by atoms with E-state index < -0.39 is 17.7 Å². The molecule has 0 bridgehead atoms. The van der Waals surface area contributed by atoms with Gasteiger partial charge in [0.2, 0.25) is 5.91 Å². The Morgan fingerprint density at radius 2 is 2.06 bits per heavy atom. The summed E-state index contributed by atoms with van der Waals surface area (Å²) < 4.78 is 29.7. The van der Waals surface area contributed by atoms with E-state index in [0.717, 1.165) is 18.6 Å². The Morgan fingerprint density at radius 1 is 1.23 bits per heavy atom. The largest absolute Gasteiger partial charge is 0.389 e. The number of likely N-dealkylation sites (tertiary alicyclic amines) is 1. The first kappa shape index (κ1) is 19.6. The number of aliphatic hydroxyl groups excluding tert-OH is 1. The molecule has 1 atom stereocenters. The third-order valence-electron chi connectivity index (χ3n) is 5.83. The number of benzene rings is 1. The first-order valence-corrected chi connectivity index (χ1v) is 10.2. The van der Waals surface area contributed by atoms with Gasteiger partial charge in [-0.1, -0.05) is 0 Å². The summed E-state index contributed by atoms with van der Waals surface area (Å²) in [6.07, 6.45) is 7.58. The number of rotatable bonds is 4. The van der Waals surface area contributed by atoms with Crippen LogP contribution in [0.3, 0.4) is 0 Å². The molecule has 31 heavy (non-hydrogen) atoms. The molecule has 1 N–H and O–H groups in total. The molecule has 3 aromatic rings. The minimum absolute atomic E-state index is 0.179. The van der Waals surface area contributed by atoms with Gasteiger partial charge in [-0.25, -0.2) is 18.3 Å². The molecular formula is C22H21F2N5O2. The predicted octanol–water partition coefficient (Wildman–Crippen LogP) is 2.57. The van der Waals surface area contributed by atoms with Crippen LogP contribution < -0.4 is 4.90 Å². The number of hydrogen-bond acceptors (Lipinski definition) is 5. The quantitative estimate of drug-likeness (QED) is 0.651. The molecule has 0 aliphatic carbocycles. The number of amides is 1. The maximum absolute atomic E-state index is 14.4. The number of anilines is 1. The molecule has 0 saturated carbocycles. The fourth-order valence-corrected chi connectivity index (χ4v) is 4.19. The molecule has 2 aliphatic heterocycles. The van der Waals surface area contributed by atoms with Crippen LogP contribution in [0.4, 0.5) is 14.6 Å². The monoisotopic (exact) mass is 425 g/mol. The highest BCUT2D eigenvalue weighted by molar-refractivity contribution is 5.93. The average molecular weight is 425 g/mol. The van der Waals surface area contributed by atoms with Crippen LogP contribution in [0.1, 0.15) is 30.0 Å².